The van der Waals surface area contributed by atoms with Crippen molar-refractivity contribution in [2.45, 2.75) is 52.4 Å². The molecule has 74 valence electrons. The first-order valence-corrected chi connectivity index (χ1v) is 5.96. The Morgan fingerprint density at radius 1 is 1.38 bits per heavy atom. The summed E-state index contributed by atoms with van der Waals surface area (Å²) in [6.45, 7) is 4.84. The predicted molar refractivity (Wildman–Crippen MR) is 57.6 cm³/mol. The molecule has 0 heterocycles. The highest BCUT2D eigenvalue weighted by atomic mass is 14.5. The summed E-state index contributed by atoms with van der Waals surface area (Å²) in [7, 11) is 0. The van der Waals surface area contributed by atoms with E-state index in [1.54, 1.807) is 0 Å². The summed E-state index contributed by atoms with van der Waals surface area (Å²) in [5, 5.41) is 0. The van der Waals surface area contributed by atoms with Crippen LogP contribution in [0.2, 0.25) is 0 Å². The molecule has 0 aliphatic heterocycles. The lowest BCUT2D eigenvalue weighted by atomic mass is 9.70. The largest absolute Gasteiger partial charge is 0.0880 e. The average molecular weight is 178 g/mol. The monoisotopic (exact) mass is 178 g/mol. The molecule has 1 spiro atoms. The number of hydrogen-bond acceptors (Lipinski definition) is 0. The van der Waals surface area contributed by atoms with Crippen molar-refractivity contribution in [1.82, 2.24) is 0 Å². The van der Waals surface area contributed by atoms with Crippen LogP contribution in [0.4, 0.5) is 0 Å². The lowest BCUT2D eigenvalue weighted by molar-refractivity contribution is 0.219. The second-order valence-electron chi connectivity index (χ2n) is 5.02. The third-order valence-electron chi connectivity index (χ3n) is 4.58. The molecule has 1 saturated carbocycles. The van der Waals surface area contributed by atoms with Gasteiger partial charge in [-0.1, -0.05) is 32.4 Å². The maximum atomic E-state index is 2.55. The Labute approximate surface area is 82.4 Å². The highest BCUT2D eigenvalue weighted by Gasteiger charge is 2.43. The van der Waals surface area contributed by atoms with Crippen LogP contribution in [0.1, 0.15) is 52.4 Å². The Bertz CT molecular complexity index is 204. The van der Waals surface area contributed by atoms with Crippen molar-refractivity contribution < 1.29 is 0 Å². The van der Waals surface area contributed by atoms with Gasteiger partial charge in [0.1, 0.15) is 0 Å². The Kier molecular flexibility index (Phi) is 2.49. The quantitative estimate of drug-likeness (QED) is 0.529. The van der Waals surface area contributed by atoms with E-state index in [1.165, 1.54) is 38.5 Å². The van der Waals surface area contributed by atoms with Crippen LogP contribution in [-0.4, -0.2) is 0 Å². The van der Waals surface area contributed by atoms with Gasteiger partial charge in [-0.3, -0.25) is 0 Å². The summed E-state index contributed by atoms with van der Waals surface area (Å²) in [4.78, 5) is 0. The van der Waals surface area contributed by atoms with Crippen LogP contribution >= 0.6 is 0 Å². The zero-order chi connectivity index (χ0) is 9.31. The van der Waals surface area contributed by atoms with E-state index in [9.17, 15) is 0 Å². The molecule has 0 bridgehead atoms. The molecule has 0 saturated heterocycles. The van der Waals surface area contributed by atoms with E-state index in [4.69, 9.17) is 0 Å². The third kappa shape index (κ3) is 1.45. The zero-order valence-electron chi connectivity index (χ0n) is 9.05. The molecule has 3 unspecified atom stereocenters. The minimum atomic E-state index is 0.624. The Hall–Kier alpha value is -0.260. The molecule has 0 heteroatoms. The minimum absolute atomic E-state index is 0.624. The average Bonchev–Trinajstić information content (AvgIpc) is 2.47. The molecule has 0 aromatic rings. The molecule has 1 fully saturated rings. The molecule has 13 heavy (non-hydrogen) atoms. The molecular weight excluding hydrogens is 156 g/mol. The predicted octanol–water partition coefficient (Wildman–Crippen LogP) is 4.17. The van der Waals surface area contributed by atoms with E-state index in [1.807, 2.05) is 0 Å². The van der Waals surface area contributed by atoms with Gasteiger partial charge in [0.25, 0.3) is 0 Å². The minimum Gasteiger partial charge on any atom is -0.0880 e. The third-order valence-corrected chi connectivity index (χ3v) is 4.58. The van der Waals surface area contributed by atoms with E-state index >= 15 is 0 Å². The molecule has 0 aromatic carbocycles. The summed E-state index contributed by atoms with van der Waals surface area (Å²) in [6.07, 6.45) is 13.5. The maximum Gasteiger partial charge on any atom is -0.00898 e. The van der Waals surface area contributed by atoms with Crippen molar-refractivity contribution in [3.8, 4) is 0 Å². The van der Waals surface area contributed by atoms with Crippen molar-refractivity contribution in [3.63, 3.8) is 0 Å². The standard InChI is InChI=1S/C13H22/c1-3-12-7-10-13(11(12)2)8-5-4-6-9-13/h5,8,11-12H,3-4,6-7,9-10H2,1-2H3. The van der Waals surface area contributed by atoms with E-state index in [-0.39, 0.29) is 0 Å². The van der Waals surface area contributed by atoms with Crippen LogP contribution in [0, 0.1) is 17.3 Å². The van der Waals surface area contributed by atoms with Crippen LogP contribution < -0.4 is 0 Å². The lowest BCUT2D eigenvalue weighted by Crippen LogP contribution is -2.25. The highest BCUT2D eigenvalue weighted by Crippen LogP contribution is 2.53. The maximum absolute atomic E-state index is 2.55. The SMILES string of the molecule is CCC1CCC2(C=CCCC2)C1C. The van der Waals surface area contributed by atoms with Gasteiger partial charge in [-0.15, -0.1) is 0 Å². The zero-order valence-corrected chi connectivity index (χ0v) is 9.05. The summed E-state index contributed by atoms with van der Waals surface area (Å²) >= 11 is 0. The number of allylic oxidation sites excluding steroid dienone is 2. The highest BCUT2D eigenvalue weighted by molar-refractivity contribution is 5.09. The Balaban J connectivity index is 2.15. The second-order valence-corrected chi connectivity index (χ2v) is 5.02. The van der Waals surface area contributed by atoms with Gasteiger partial charge in [-0.05, 0) is 49.4 Å². The first kappa shape index (κ1) is 9.30. The molecule has 0 amide bonds. The van der Waals surface area contributed by atoms with Crippen molar-refractivity contribution in [2.75, 3.05) is 0 Å². The molecule has 0 N–H and O–H groups in total. The van der Waals surface area contributed by atoms with E-state index in [0.717, 1.165) is 11.8 Å². The van der Waals surface area contributed by atoms with Crippen molar-refractivity contribution in [1.29, 1.82) is 0 Å². The van der Waals surface area contributed by atoms with Crippen LogP contribution in [0.15, 0.2) is 12.2 Å². The number of hydrogen-bond donors (Lipinski definition) is 0. The van der Waals surface area contributed by atoms with Gasteiger partial charge in [0.15, 0.2) is 0 Å². The second kappa shape index (κ2) is 3.48. The first-order valence-electron chi connectivity index (χ1n) is 5.96. The fourth-order valence-corrected chi connectivity index (χ4v) is 3.50. The van der Waals surface area contributed by atoms with Crippen molar-refractivity contribution in [2.24, 2.45) is 17.3 Å². The van der Waals surface area contributed by atoms with Crippen molar-refractivity contribution >= 4 is 0 Å². The van der Waals surface area contributed by atoms with Gasteiger partial charge in [0.2, 0.25) is 0 Å². The van der Waals surface area contributed by atoms with Crippen LogP contribution in [0.5, 0.6) is 0 Å². The Morgan fingerprint density at radius 2 is 2.23 bits per heavy atom. The Morgan fingerprint density at radius 3 is 2.77 bits per heavy atom. The number of rotatable bonds is 1. The van der Waals surface area contributed by atoms with E-state index in [0.29, 0.717) is 5.41 Å². The van der Waals surface area contributed by atoms with Gasteiger partial charge >= 0.3 is 0 Å². The van der Waals surface area contributed by atoms with Crippen LogP contribution in [-0.2, 0) is 0 Å². The molecule has 2 rings (SSSR count). The topological polar surface area (TPSA) is 0 Å². The van der Waals surface area contributed by atoms with Gasteiger partial charge in [-0.2, -0.15) is 0 Å². The first-order chi connectivity index (χ1) is 6.28. The molecule has 0 aromatic heterocycles. The van der Waals surface area contributed by atoms with Crippen molar-refractivity contribution in [3.05, 3.63) is 12.2 Å². The van der Waals surface area contributed by atoms with Gasteiger partial charge < -0.3 is 0 Å². The van der Waals surface area contributed by atoms with Gasteiger partial charge in [0.05, 0.1) is 0 Å². The summed E-state index contributed by atoms with van der Waals surface area (Å²) < 4.78 is 0. The molecular formula is C13H22. The summed E-state index contributed by atoms with van der Waals surface area (Å²) in [6, 6.07) is 0. The molecule has 0 radical (unpaired) electrons. The smallest absolute Gasteiger partial charge is 0.00898 e. The fraction of sp³-hybridized carbons (Fsp3) is 0.846. The van der Waals surface area contributed by atoms with E-state index < -0.39 is 0 Å². The molecule has 3 atom stereocenters. The van der Waals surface area contributed by atoms with E-state index in [2.05, 4.69) is 26.0 Å². The summed E-state index contributed by atoms with van der Waals surface area (Å²) in [5.74, 6) is 1.94. The molecule has 2 aliphatic carbocycles. The van der Waals surface area contributed by atoms with Crippen LogP contribution in [0.25, 0.3) is 0 Å². The van der Waals surface area contributed by atoms with Crippen LogP contribution in [0.3, 0.4) is 0 Å². The normalized spacial score (nSPS) is 44.5. The molecule has 0 nitrogen and oxygen atoms in total. The molecule has 2 aliphatic rings. The lowest BCUT2D eigenvalue weighted by Gasteiger charge is -2.35. The van der Waals surface area contributed by atoms with Gasteiger partial charge in [-0.25, -0.2) is 0 Å². The summed E-state index contributed by atoms with van der Waals surface area (Å²) in [5.41, 5.74) is 0.624. The fourth-order valence-electron chi connectivity index (χ4n) is 3.50. The van der Waals surface area contributed by atoms with Gasteiger partial charge in [0, 0.05) is 0 Å².